The molecule has 0 spiro atoms. The summed E-state index contributed by atoms with van der Waals surface area (Å²) in [5.74, 6) is -0.152. The molecule has 0 atom stereocenters. The molecule has 3 aromatic carbocycles. The molecule has 7 nitrogen and oxygen atoms in total. The average molecular weight is 436 g/mol. The Morgan fingerprint density at radius 1 is 0.969 bits per heavy atom. The lowest BCUT2D eigenvalue weighted by Gasteiger charge is -2.20. The van der Waals surface area contributed by atoms with E-state index < -0.39 is 11.7 Å². The Bertz CT molecular complexity index is 1160. The van der Waals surface area contributed by atoms with Crippen LogP contribution in [0.5, 0.6) is 23.0 Å². The SMILES string of the molecule is COC(=O)c1ccc(-c2c(C)c(O)c(O)c(C=O)c2Cc2ccc(OC)cc2OC)cc1. The molecule has 0 fully saturated rings. The maximum Gasteiger partial charge on any atom is 0.337 e. The van der Waals surface area contributed by atoms with Gasteiger partial charge in [-0.1, -0.05) is 18.2 Å². The van der Waals surface area contributed by atoms with Crippen molar-refractivity contribution in [3.63, 3.8) is 0 Å². The zero-order valence-electron chi connectivity index (χ0n) is 18.3. The molecule has 166 valence electrons. The second-order valence-corrected chi connectivity index (χ2v) is 7.13. The van der Waals surface area contributed by atoms with Gasteiger partial charge in [0.1, 0.15) is 11.5 Å². The monoisotopic (exact) mass is 436 g/mol. The van der Waals surface area contributed by atoms with E-state index in [1.54, 1.807) is 50.4 Å². The Hall–Kier alpha value is -4.00. The molecular weight excluding hydrogens is 412 g/mol. The van der Waals surface area contributed by atoms with Gasteiger partial charge in [0, 0.05) is 18.1 Å². The summed E-state index contributed by atoms with van der Waals surface area (Å²) < 4.78 is 15.5. The molecule has 7 heteroatoms. The van der Waals surface area contributed by atoms with Gasteiger partial charge in [-0.25, -0.2) is 4.79 Å². The number of hydrogen-bond donors (Lipinski definition) is 2. The fourth-order valence-corrected chi connectivity index (χ4v) is 3.71. The van der Waals surface area contributed by atoms with E-state index in [-0.39, 0.29) is 17.7 Å². The lowest BCUT2D eigenvalue weighted by atomic mass is 9.86. The quantitative estimate of drug-likeness (QED) is 0.324. The first-order valence-electron chi connectivity index (χ1n) is 9.78. The van der Waals surface area contributed by atoms with Gasteiger partial charge in [-0.05, 0) is 47.4 Å². The van der Waals surface area contributed by atoms with Crippen molar-refractivity contribution in [3.8, 4) is 34.1 Å². The van der Waals surface area contributed by atoms with Crippen molar-refractivity contribution < 1.29 is 34.0 Å². The molecule has 0 aliphatic heterocycles. The van der Waals surface area contributed by atoms with E-state index >= 15 is 0 Å². The Labute approximate surface area is 185 Å². The molecule has 0 radical (unpaired) electrons. The van der Waals surface area contributed by atoms with Crippen molar-refractivity contribution >= 4 is 12.3 Å². The standard InChI is InChI=1S/C25H24O7/c1-14-22(15-5-7-16(8-6-15)25(29)32-4)19(20(13-26)24(28)23(14)27)11-17-9-10-18(30-2)12-21(17)31-3/h5-10,12-13,27-28H,11H2,1-4H3. The normalized spacial score (nSPS) is 10.5. The van der Waals surface area contributed by atoms with Crippen LogP contribution in [0.4, 0.5) is 0 Å². The van der Waals surface area contributed by atoms with Crippen LogP contribution < -0.4 is 9.47 Å². The van der Waals surface area contributed by atoms with Crippen LogP contribution >= 0.6 is 0 Å². The molecule has 32 heavy (non-hydrogen) atoms. The maximum absolute atomic E-state index is 11.9. The van der Waals surface area contributed by atoms with Gasteiger partial charge < -0.3 is 24.4 Å². The first-order chi connectivity index (χ1) is 15.4. The molecule has 0 unspecified atom stereocenters. The van der Waals surface area contributed by atoms with Crippen LogP contribution in [0.2, 0.25) is 0 Å². The number of hydrogen-bond acceptors (Lipinski definition) is 7. The number of phenols is 2. The molecule has 0 amide bonds. The number of esters is 1. The number of carbonyl (C=O) groups is 2. The Morgan fingerprint density at radius 2 is 1.66 bits per heavy atom. The maximum atomic E-state index is 11.9. The Balaban J connectivity index is 2.23. The first kappa shape index (κ1) is 22.7. The number of aromatic hydroxyl groups is 2. The van der Waals surface area contributed by atoms with Gasteiger partial charge in [-0.15, -0.1) is 0 Å². The van der Waals surface area contributed by atoms with Gasteiger partial charge in [0.05, 0.1) is 32.5 Å². The summed E-state index contributed by atoms with van der Waals surface area (Å²) in [6.45, 7) is 1.65. The number of aldehydes is 1. The summed E-state index contributed by atoms with van der Waals surface area (Å²) in [7, 11) is 4.39. The van der Waals surface area contributed by atoms with Crippen LogP contribution in [0.3, 0.4) is 0 Å². The summed E-state index contributed by atoms with van der Waals surface area (Å²) in [6.07, 6.45) is 0.760. The smallest absolute Gasteiger partial charge is 0.337 e. The van der Waals surface area contributed by atoms with Gasteiger partial charge in [0.2, 0.25) is 0 Å². The van der Waals surface area contributed by atoms with Gasteiger partial charge in [-0.2, -0.15) is 0 Å². The molecule has 0 saturated carbocycles. The van der Waals surface area contributed by atoms with Crippen molar-refractivity contribution in [3.05, 3.63) is 70.3 Å². The molecule has 3 rings (SSSR count). The van der Waals surface area contributed by atoms with Crippen LogP contribution in [0.1, 0.15) is 37.4 Å². The topological polar surface area (TPSA) is 102 Å². The van der Waals surface area contributed by atoms with Crippen molar-refractivity contribution in [2.75, 3.05) is 21.3 Å². The van der Waals surface area contributed by atoms with E-state index in [0.29, 0.717) is 45.6 Å². The van der Waals surface area contributed by atoms with E-state index in [1.165, 1.54) is 14.2 Å². The highest BCUT2D eigenvalue weighted by atomic mass is 16.5. The van der Waals surface area contributed by atoms with Crippen molar-refractivity contribution in [1.29, 1.82) is 0 Å². The molecule has 0 saturated heterocycles. The third-order valence-corrected chi connectivity index (χ3v) is 5.41. The molecule has 0 heterocycles. The fourth-order valence-electron chi connectivity index (χ4n) is 3.71. The van der Waals surface area contributed by atoms with Crippen LogP contribution in [0.25, 0.3) is 11.1 Å². The summed E-state index contributed by atoms with van der Waals surface area (Å²) >= 11 is 0. The zero-order chi connectivity index (χ0) is 23.4. The number of carbonyl (C=O) groups excluding carboxylic acids is 2. The zero-order valence-corrected chi connectivity index (χ0v) is 18.3. The van der Waals surface area contributed by atoms with E-state index in [9.17, 15) is 19.8 Å². The summed E-state index contributed by atoms with van der Waals surface area (Å²) in [5.41, 5.74) is 3.27. The second-order valence-electron chi connectivity index (χ2n) is 7.13. The number of benzene rings is 3. The largest absolute Gasteiger partial charge is 0.504 e. The molecule has 2 N–H and O–H groups in total. The number of rotatable bonds is 7. The van der Waals surface area contributed by atoms with E-state index in [0.717, 1.165) is 5.56 Å². The van der Waals surface area contributed by atoms with E-state index in [1.807, 2.05) is 6.07 Å². The minimum atomic E-state index is -0.477. The van der Waals surface area contributed by atoms with Gasteiger partial charge in [0.25, 0.3) is 0 Å². The fraction of sp³-hybridized carbons (Fsp3) is 0.200. The highest BCUT2D eigenvalue weighted by Crippen LogP contribution is 2.43. The summed E-state index contributed by atoms with van der Waals surface area (Å²) in [4.78, 5) is 23.7. The van der Waals surface area contributed by atoms with Gasteiger partial charge in [0.15, 0.2) is 17.8 Å². The number of phenolic OH excluding ortho intramolecular Hbond substituents is 2. The average Bonchev–Trinajstić information content (AvgIpc) is 2.83. The molecule has 0 bridgehead atoms. The first-order valence-corrected chi connectivity index (χ1v) is 9.78. The number of ether oxygens (including phenoxy) is 3. The second kappa shape index (κ2) is 9.43. The molecule has 0 aliphatic rings. The van der Waals surface area contributed by atoms with Crippen LogP contribution in [-0.4, -0.2) is 43.8 Å². The predicted octanol–water partition coefficient (Wildman–Crippen LogP) is 4.28. The van der Waals surface area contributed by atoms with E-state index in [2.05, 4.69) is 0 Å². The molecule has 0 aromatic heterocycles. The van der Waals surface area contributed by atoms with Crippen molar-refractivity contribution in [2.24, 2.45) is 0 Å². The lowest BCUT2D eigenvalue weighted by molar-refractivity contribution is 0.0600. The minimum absolute atomic E-state index is 0.0157. The highest BCUT2D eigenvalue weighted by Gasteiger charge is 2.23. The highest BCUT2D eigenvalue weighted by molar-refractivity contribution is 5.93. The van der Waals surface area contributed by atoms with Crippen molar-refractivity contribution in [2.45, 2.75) is 13.3 Å². The molecule has 3 aromatic rings. The Kier molecular flexibility index (Phi) is 6.68. The van der Waals surface area contributed by atoms with Crippen molar-refractivity contribution in [1.82, 2.24) is 0 Å². The summed E-state index contributed by atoms with van der Waals surface area (Å²) in [6, 6.07) is 11.9. The Morgan fingerprint density at radius 3 is 2.22 bits per heavy atom. The molecular formula is C25H24O7. The third-order valence-electron chi connectivity index (χ3n) is 5.41. The molecule has 0 aliphatic carbocycles. The van der Waals surface area contributed by atoms with E-state index in [4.69, 9.17) is 14.2 Å². The van der Waals surface area contributed by atoms with Crippen LogP contribution in [-0.2, 0) is 11.2 Å². The van der Waals surface area contributed by atoms with Crippen LogP contribution in [0, 0.1) is 6.92 Å². The van der Waals surface area contributed by atoms with Gasteiger partial charge >= 0.3 is 5.97 Å². The number of methoxy groups -OCH3 is 3. The minimum Gasteiger partial charge on any atom is -0.504 e. The predicted molar refractivity (Wildman–Crippen MR) is 119 cm³/mol. The third kappa shape index (κ3) is 4.09. The van der Waals surface area contributed by atoms with Gasteiger partial charge in [-0.3, -0.25) is 4.79 Å². The lowest BCUT2D eigenvalue weighted by Crippen LogP contribution is -2.04. The summed E-state index contributed by atoms with van der Waals surface area (Å²) in [5, 5.41) is 20.9. The van der Waals surface area contributed by atoms with Crippen LogP contribution in [0.15, 0.2) is 42.5 Å².